The number of hydrogen-bond donors (Lipinski definition) is 4. The molecule has 0 aromatic heterocycles. The van der Waals surface area contributed by atoms with Crippen LogP contribution in [0.15, 0.2) is 0 Å². The molecule has 0 radical (unpaired) electrons. The first-order chi connectivity index (χ1) is 12.4. The summed E-state index contributed by atoms with van der Waals surface area (Å²) >= 11 is 0. The maximum Gasteiger partial charge on any atom is 0.161 e. The average molecular weight is 380 g/mol. The van der Waals surface area contributed by atoms with Crippen molar-refractivity contribution in [3.05, 3.63) is 0 Å². The Morgan fingerprint density at radius 3 is 2.04 bits per heavy atom. The standard InChI is InChI=1S/C17H32O9/c1-4-22-14-5-10(20)17(13(8-19)24-14)26-15-6-11(21)16(23-9(2)3)12(7-18)25-15/h9-21H,4-8H2,1-3H3/t10?,11?,12?,13?,14?,15-,16+,17+/m1/s1. The van der Waals surface area contributed by atoms with Crippen LogP contribution < -0.4 is 0 Å². The molecule has 2 aliphatic rings. The Morgan fingerprint density at radius 2 is 1.46 bits per heavy atom. The van der Waals surface area contributed by atoms with E-state index in [1.165, 1.54) is 0 Å². The van der Waals surface area contributed by atoms with E-state index in [1.807, 2.05) is 20.8 Å². The third-order valence-corrected chi connectivity index (χ3v) is 4.46. The minimum atomic E-state index is -0.921. The molecule has 2 aliphatic heterocycles. The van der Waals surface area contributed by atoms with Crippen LogP contribution in [0.1, 0.15) is 33.6 Å². The van der Waals surface area contributed by atoms with E-state index in [9.17, 15) is 20.4 Å². The first-order valence-corrected chi connectivity index (χ1v) is 9.20. The molecule has 4 N–H and O–H groups in total. The van der Waals surface area contributed by atoms with Gasteiger partial charge in [-0.1, -0.05) is 0 Å². The molecule has 26 heavy (non-hydrogen) atoms. The van der Waals surface area contributed by atoms with Crippen molar-refractivity contribution in [1.29, 1.82) is 0 Å². The summed E-state index contributed by atoms with van der Waals surface area (Å²) in [5.74, 6) is 0. The summed E-state index contributed by atoms with van der Waals surface area (Å²) in [7, 11) is 0. The quantitative estimate of drug-likeness (QED) is 0.425. The van der Waals surface area contributed by atoms with Gasteiger partial charge in [-0.3, -0.25) is 0 Å². The zero-order valence-corrected chi connectivity index (χ0v) is 15.6. The summed E-state index contributed by atoms with van der Waals surface area (Å²) in [6.45, 7) is 5.21. The van der Waals surface area contributed by atoms with Crippen molar-refractivity contribution in [3.8, 4) is 0 Å². The highest BCUT2D eigenvalue weighted by Crippen LogP contribution is 2.30. The van der Waals surface area contributed by atoms with Crippen LogP contribution in [-0.4, -0.2) is 95.6 Å². The molecule has 5 unspecified atom stereocenters. The number of aliphatic hydroxyl groups is 4. The summed E-state index contributed by atoms with van der Waals surface area (Å²) in [4.78, 5) is 0. The van der Waals surface area contributed by atoms with Crippen LogP contribution in [0.2, 0.25) is 0 Å². The highest BCUT2D eigenvalue weighted by Gasteiger charge is 2.44. The van der Waals surface area contributed by atoms with Crippen molar-refractivity contribution < 1.29 is 44.1 Å². The van der Waals surface area contributed by atoms with Crippen LogP contribution in [0.3, 0.4) is 0 Å². The summed E-state index contributed by atoms with van der Waals surface area (Å²) in [5.41, 5.74) is 0. The molecular formula is C17H32O9. The van der Waals surface area contributed by atoms with Gasteiger partial charge in [0.2, 0.25) is 0 Å². The van der Waals surface area contributed by atoms with E-state index in [-0.39, 0.29) is 32.2 Å². The lowest BCUT2D eigenvalue weighted by Crippen LogP contribution is -2.57. The smallest absolute Gasteiger partial charge is 0.161 e. The summed E-state index contributed by atoms with van der Waals surface area (Å²) in [6, 6.07) is 0. The van der Waals surface area contributed by atoms with Crippen LogP contribution in [-0.2, 0) is 23.7 Å². The second-order valence-electron chi connectivity index (χ2n) is 6.88. The Kier molecular flexibility index (Phi) is 8.65. The zero-order valence-electron chi connectivity index (χ0n) is 15.6. The van der Waals surface area contributed by atoms with Gasteiger partial charge < -0.3 is 44.1 Å². The molecule has 0 spiro atoms. The van der Waals surface area contributed by atoms with E-state index in [2.05, 4.69) is 0 Å². The van der Waals surface area contributed by atoms with Crippen molar-refractivity contribution in [2.75, 3.05) is 19.8 Å². The highest BCUT2D eigenvalue weighted by molar-refractivity contribution is 4.88. The average Bonchev–Trinajstić information content (AvgIpc) is 2.59. The van der Waals surface area contributed by atoms with Gasteiger partial charge in [0.05, 0.1) is 31.5 Å². The summed E-state index contributed by atoms with van der Waals surface area (Å²) < 4.78 is 28.1. The third-order valence-electron chi connectivity index (χ3n) is 4.46. The fourth-order valence-corrected chi connectivity index (χ4v) is 3.33. The van der Waals surface area contributed by atoms with E-state index in [4.69, 9.17) is 23.7 Å². The van der Waals surface area contributed by atoms with Crippen molar-refractivity contribution in [1.82, 2.24) is 0 Å². The molecular weight excluding hydrogens is 348 g/mol. The Bertz CT molecular complexity index is 408. The number of aliphatic hydroxyl groups excluding tert-OH is 4. The van der Waals surface area contributed by atoms with Gasteiger partial charge in [0.1, 0.15) is 24.4 Å². The first kappa shape index (κ1) is 21.9. The normalized spacial score (nSPS) is 41.5. The molecule has 0 aromatic rings. The topological polar surface area (TPSA) is 127 Å². The largest absolute Gasteiger partial charge is 0.394 e. The van der Waals surface area contributed by atoms with Gasteiger partial charge in [-0.15, -0.1) is 0 Å². The maximum atomic E-state index is 10.4. The molecule has 8 atom stereocenters. The van der Waals surface area contributed by atoms with Crippen LogP contribution in [0.25, 0.3) is 0 Å². The van der Waals surface area contributed by atoms with Gasteiger partial charge in [-0.05, 0) is 20.8 Å². The molecule has 2 fully saturated rings. The second kappa shape index (κ2) is 10.3. The number of hydrogen-bond acceptors (Lipinski definition) is 9. The minimum Gasteiger partial charge on any atom is -0.394 e. The summed E-state index contributed by atoms with van der Waals surface area (Å²) in [6.07, 6.45) is -6.14. The molecule has 9 heteroatoms. The van der Waals surface area contributed by atoms with Gasteiger partial charge >= 0.3 is 0 Å². The Balaban J connectivity index is 1.98. The van der Waals surface area contributed by atoms with Gasteiger partial charge in [0, 0.05) is 19.4 Å². The van der Waals surface area contributed by atoms with Crippen LogP contribution in [0, 0.1) is 0 Å². The molecule has 154 valence electrons. The van der Waals surface area contributed by atoms with Gasteiger partial charge in [0.25, 0.3) is 0 Å². The van der Waals surface area contributed by atoms with Gasteiger partial charge in [0.15, 0.2) is 12.6 Å². The van der Waals surface area contributed by atoms with E-state index in [1.54, 1.807) is 0 Å². The minimum absolute atomic E-state index is 0.115. The van der Waals surface area contributed by atoms with E-state index < -0.39 is 49.2 Å². The second-order valence-corrected chi connectivity index (χ2v) is 6.88. The molecule has 0 aromatic carbocycles. The molecule has 0 amide bonds. The predicted octanol–water partition coefficient (Wildman–Crippen LogP) is -0.862. The molecule has 2 rings (SSSR count). The molecule has 0 saturated carbocycles. The van der Waals surface area contributed by atoms with Gasteiger partial charge in [-0.25, -0.2) is 0 Å². The van der Waals surface area contributed by atoms with E-state index >= 15 is 0 Å². The van der Waals surface area contributed by atoms with Gasteiger partial charge in [-0.2, -0.15) is 0 Å². The molecule has 9 nitrogen and oxygen atoms in total. The lowest BCUT2D eigenvalue weighted by Gasteiger charge is -2.43. The Hall–Kier alpha value is -0.360. The SMILES string of the molecule is CCOC1CC(O)[C@H](O[C@@H]2CC(O)[C@H](OC(C)C)C(CO)O2)C(CO)O1. The fraction of sp³-hybridized carbons (Fsp3) is 1.00. The number of ether oxygens (including phenoxy) is 5. The predicted molar refractivity (Wildman–Crippen MR) is 89.2 cm³/mol. The molecule has 2 heterocycles. The fourth-order valence-electron chi connectivity index (χ4n) is 3.33. The van der Waals surface area contributed by atoms with Crippen molar-refractivity contribution >= 4 is 0 Å². The van der Waals surface area contributed by atoms with Crippen molar-refractivity contribution in [2.45, 2.75) is 88.9 Å². The Morgan fingerprint density at radius 1 is 0.923 bits per heavy atom. The maximum absolute atomic E-state index is 10.4. The van der Waals surface area contributed by atoms with E-state index in [0.29, 0.717) is 6.61 Å². The summed E-state index contributed by atoms with van der Waals surface area (Å²) in [5, 5.41) is 39.9. The van der Waals surface area contributed by atoms with Crippen molar-refractivity contribution in [2.24, 2.45) is 0 Å². The van der Waals surface area contributed by atoms with Crippen molar-refractivity contribution in [3.63, 3.8) is 0 Å². The molecule has 0 aliphatic carbocycles. The van der Waals surface area contributed by atoms with Crippen LogP contribution in [0.5, 0.6) is 0 Å². The van der Waals surface area contributed by atoms with Crippen LogP contribution in [0.4, 0.5) is 0 Å². The molecule has 0 bridgehead atoms. The zero-order chi connectivity index (χ0) is 19.3. The number of rotatable bonds is 8. The monoisotopic (exact) mass is 380 g/mol. The lowest BCUT2D eigenvalue weighted by atomic mass is 9.99. The molecule has 2 saturated heterocycles. The Labute approximate surface area is 153 Å². The third kappa shape index (κ3) is 5.57. The van der Waals surface area contributed by atoms with Crippen LogP contribution >= 0.6 is 0 Å². The highest BCUT2D eigenvalue weighted by atomic mass is 16.7. The lowest BCUT2D eigenvalue weighted by molar-refractivity contribution is -0.324. The van der Waals surface area contributed by atoms with E-state index in [0.717, 1.165) is 0 Å². The first-order valence-electron chi connectivity index (χ1n) is 9.20.